The zero-order chi connectivity index (χ0) is 22.3. The third-order valence-electron chi connectivity index (χ3n) is 4.64. The number of aryl methyl sites for hydroxylation is 1. The molecule has 0 aliphatic heterocycles. The van der Waals surface area contributed by atoms with Crippen LogP contribution in [0.25, 0.3) is 0 Å². The first kappa shape index (κ1) is 23.3. The summed E-state index contributed by atoms with van der Waals surface area (Å²) in [6, 6.07) is 12.1. The molecule has 0 heterocycles. The Bertz CT molecular complexity index is 897. The zero-order valence-corrected chi connectivity index (χ0v) is 17.2. The molecular formula is C22H25F3N2O3. The molecule has 8 heteroatoms. The van der Waals surface area contributed by atoms with Gasteiger partial charge >= 0.3 is 12.1 Å². The van der Waals surface area contributed by atoms with Crippen molar-refractivity contribution in [1.82, 2.24) is 4.90 Å². The Balaban J connectivity index is 1.92. The number of alkyl halides is 3. The fraction of sp³-hybridized carbons (Fsp3) is 0.364. The van der Waals surface area contributed by atoms with Crippen molar-refractivity contribution in [2.75, 3.05) is 18.5 Å². The van der Waals surface area contributed by atoms with Crippen LogP contribution in [0.15, 0.2) is 42.5 Å². The molecule has 5 nitrogen and oxygen atoms in total. The second kappa shape index (κ2) is 10.1. The van der Waals surface area contributed by atoms with Gasteiger partial charge in [0.25, 0.3) is 0 Å². The monoisotopic (exact) mass is 422 g/mol. The van der Waals surface area contributed by atoms with Crippen molar-refractivity contribution in [1.29, 1.82) is 0 Å². The number of benzene rings is 2. The van der Waals surface area contributed by atoms with E-state index in [0.29, 0.717) is 16.2 Å². The molecule has 0 aromatic heterocycles. The van der Waals surface area contributed by atoms with Gasteiger partial charge in [0.2, 0.25) is 5.91 Å². The van der Waals surface area contributed by atoms with E-state index in [9.17, 15) is 22.8 Å². The van der Waals surface area contributed by atoms with E-state index in [1.807, 2.05) is 32.0 Å². The maximum absolute atomic E-state index is 12.7. The second-order valence-corrected chi connectivity index (χ2v) is 6.86. The summed E-state index contributed by atoms with van der Waals surface area (Å²) in [7, 11) is 0. The number of hydrogen-bond donors (Lipinski definition) is 1. The number of nitrogens with zero attached hydrogens (tertiary/aromatic N) is 1. The number of anilines is 1. The van der Waals surface area contributed by atoms with Gasteiger partial charge in [-0.25, -0.2) is 0 Å². The van der Waals surface area contributed by atoms with Gasteiger partial charge in [-0.3, -0.25) is 9.59 Å². The molecule has 0 aliphatic rings. The van der Waals surface area contributed by atoms with Crippen molar-refractivity contribution in [3.8, 4) is 5.75 Å². The lowest BCUT2D eigenvalue weighted by Gasteiger charge is -2.22. The van der Waals surface area contributed by atoms with Crippen LogP contribution in [0, 0.1) is 13.8 Å². The van der Waals surface area contributed by atoms with Crippen molar-refractivity contribution >= 4 is 17.5 Å². The standard InChI is InChI=1S/C22H25F3N2O3/c1-4-27(21(29)22(23,24)25)14-17-8-6-9-18(13-17)26-20(28)11-12-30-19-10-5-7-15(2)16(19)3/h5-10,13H,4,11-12,14H2,1-3H3,(H,26,28). The van der Waals surface area contributed by atoms with Gasteiger partial charge in [-0.15, -0.1) is 0 Å². The summed E-state index contributed by atoms with van der Waals surface area (Å²) in [4.78, 5) is 24.3. The second-order valence-electron chi connectivity index (χ2n) is 6.86. The molecule has 0 saturated heterocycles. The van der Waals surface area contributed by atoms with Crippen LogP contribution >= 0.6 is 0 Å². The summed E-state index contributed by atoms with van der Waals surface area (Å²) in [5.41, 5.74) is 3.04. The molecule has 2 aromatic carbocycles. The van der Waals surface area contributed by atoms with Gasteiger partial charge in [0.15, 0.2) is 0 Å². The van der Waals surface area contributed by atoms with Crippen LogP contribution in [0.1, 0.15) is 30.0 Å². The van der Waals surface area contributed by atoms with Gasteiger partial charge in [0.05, 0.1) is 13.0 Å². The summed E-state index contributed by atoms with van der Waals surface area (Å²) in [5.74, 6) is -1.45. The van der Waals surface area contributed by atoms with Gasteiger partial charge < -0.3 is 15.0 Å². The molecule has 0 saturated carbocycles. The third kappa shape index (κ3) is 6.50. The van der Waals surface area contributed by atoms with E-state index in [-0.39, 0.29) is 32.0 Å². The van der Waals surface area contributed by atoms with Crippen molar-refractivity contribution in [2.24, 2.45) is 0 Å². The van der Waals surface area contributed by atoms with Crippen LogP contribution in [0.5, 0.6) is 5.75 Å². The molecule has 0 bridgehead atoms. The minimum atomic E-state index is -4.92. The maximum Gasteiger partial charge on any atom is 0.471 e. The van der Waals surface area contributed by atoms with E-state index in [2.05, 4.69) is 5.32 Å². The normalized spacial score (nSPS) is 11.1. The highest BCUT2D eigenvalue weighted by Crippen LogP contribution is 2.22. The number of amides is 2. The molecule has 2 amide bonds. The first-order chi connectivity index (χ1) is 14.1. The topological polar surface area (TPSA) is 58.6 Å². The Morgan fingerprint density at radius 2 is 1.80 bits per heavy atom. The summed E-state index contributed by atoms with van der Waals surface area (Å²) in [6.45, 7) is 5.31. The van der Waals surface area contributed by atoms with E-state index in [1.54, 1.807) is 24.3 Å². The minimum absolute atomic E-state index is 0.0787. The molecule has 0 radical (unpaired) electrons. The molecule has 0 atom stereocenters. The van der Waals surface area contributed by atoms with Crippen molar-refractivity contribution in [3.05, 3.63) is 59.2 Å². The first-order valence-corrected chi connectivity index (χ1v) is 9.55. The molecule has 0 spiro atoms. The quantitative estimate of drug-likeness (QED) is 0.675. The van der Waals surface area contributed by atoms with Crippen molar-refractivity contribution < 1.29 is 27.5 Å². The zero-order valence-electron chi connectivity index (χ0n) is 17.2. The van der Waals surface area contributed by atoms with E-state index >= 15 is 0 Å². The minimum Gasteiger partial charge on any atom is -0.493 e. The smallest absolute Gasteiger partial charge is 0.471 e. The molecule has 0 unspecified atom stereocenters. The lowest BCUT2D eigenvalue weighted by molar-refractivity contribution is -0.185. The largest absolute Gasteiger partial charge is 0.493 e. The fourth-order valence-electron chi connectivity index (χ4n) is 2.83. The van der Waals surface area contributed by atoms with Crippen LogP contribution in [0.2, 0.25) is 0 Å². The lowest BCUT2D eigenvalue weighted by atomic mass is 10.1. The summed E-state index contributed by atoms with van der Waals surface area (Å²) < 4.78 is 43.7. The molecular weight excluding hydrogens is 397 g/mol. The molecule has 30 heavy (non-hydrogen) atoms. The molecule has 0 aliphatic carbocycles. The molecule has 1 N–H and O–H groups in total. The number of hydrogen-bond acceptors (Lipinski definition) is 3. The van der Waals surface area contributed by atoms with Crippen molar-refractivity contribution in [2.45, 2.75) is 39.9 Å². The number of nitrogens with one attached hydrogen (secondary N) is 1. The third-order valence-corrected chi connectivity index (χ3v) is 4.64. The highest BCUT2D eigenvalue weighted by atomic mass is 19.4. The van der Waals surface area contributed by atoms with E-state index in [4.69, 9.17) is 4.74 Å². The predicted octanol–water partition coefficient (Wildman–Crippen LogP) is 4.62. The van der Waals surface area contributed by atoms with Gasteiger partial charge in [-0.1, -0.05) is 24.3 Å². The van der Waals surface area contributed by atoms with Gasteiger partial charge in [-0.05, 0) is 55.7 Å². The van der Waals surface area contributed by atoms with Crippen LogP contribution in [-0.4, -0.2) is 36.0 Å². The van der Waals surface area contributed by atoms with Crippen LogP contribution in [0.3, 0.4) is 0 Å². The Kier molecular flexibility index (Phi) is 7.86. The number of ether oxygens (including phenoxy) is 1. The SMILES string of the molecule is CCN(Cc1cccc(NC(=O)CCOc2cccc(C)c2C)c1)C(=O)C(F)(F)F. The first-order valence-electron chi connectivity index (χ1n) is 9.55. The molecule has 2 aromatic rings. The molecule has 0 fully saturated rings. The summed E-state index contributed by atoms with van der Waals surface area (Å²) in [6.07, 6.45) is -4.80. The highest BCUT2D eigenvalue weighted by molar-refractivity contribution is 5.90. The lowest BCUT2D eigenvalue weighted by Crippen LogP contribution is -2.40. The summed E-state index contributed by atoms with van der Waals surface area (Å²) in [5, 5.41) is 2.70. The van der Waals surface area contributed by atoms with Crippen LogP contribution in [-0.2, 0) is 16.1 Å². The number of carbonyl (C=O) groups excluding carboxylic acids is 2. The van der Waals surface area contributed by atoms with Crippen LogP contribution in [0.4, 0.5) is 18.9 Å². The Labute approximate surface area is 173 Å². The van der Waals surface area contributed by atoms with Crippen LogP contribution < -0.4 is 10.1 Å². The predicted molar refractivity (Wildman–Crippen MR) is 108 cm³/mol. The molecule has 162 valence electrons. The van der Waals surface area contributed by atoms with Gasteiger partial charge in [-0.2, -0.15) is 13.2 Å². The van der Waals surface area contributed by atoms with E-state index < -0.39 is 12.1 Å². The maximum atomic E-state index is 12.7. The Morgan fingerprint density at radius 1 is 1.10 bits per heavy atom. The Morgan fingerprint density at radius 3 is 2.47 bits per heavy atom. The number of carbonyl (C=O) groups is 2. The van der Waals surface area contributed by atoms with E-state index in [0.717, 1.165) is 16.9 Å². The average Bonchev–Trinajstić information content (AvgIpc) is 2.68. The highest BCUT2D eigenvalue weighted by Gasteiger charge is 2.41. The number of halogens is 3. The Hall–Kier alpha value is -3.03. The van der Waals surface area contributed by atoms with Gasteiger partial charge in [0, 0.05) is 18.8 Å². The fourth-order valence-corrected chi connectivity index (χ4v) is 2.83. The average molecular weight is 422 g/mol. The number of rotatable bonds is 8. The van der Waals surface area contributed by atoms with Gasteiger partial charge in [0.1, 0.15) is 5.75 Å². The molecule has 2 rings (SSSR count). The van der Waals surface area contributed by atoms with Crippen molar-refractivity contribution in [3.63, 3.8) is 0 Å². The summed E-state index contributed by atoms with van der Waals surface area (Å²) >= 11 is 0. The van der Waals surface area contributed by atoms with E-state index in [1.165, 1.54) is 6.92 Å².